The summed E-state index contributed by atoms with van der Waals surface area (Å²) in [6.45, 7) is 1.43. The summed E-state index contributed by atoms with van der Waals surface area (Å²) in [7, 11) is -1.30. The van der Waals surface area contributed by atoms with Crippen molar-refractivity contribution in [3.05, 3.63) is 30.1 Å². The van der Waals surface area contributed by atoms with Crippen molar-refractivity contribution in [1.29, 1.82) is 0 Å². The van der Waals surface area contributed by atoms with Crippen molar-refractivity contribution in [1.82, 2.24) is 19.4 Å². The molecule has 1 amide bonds. The van der Waals surface area contributed by atoms with E-state index in [-0.39, 0.29) is 36.1 Å². The first-order valence-corrected chi connectivity index (χ1v) is 10.5. The van der Waals surface area contributed by atoms with Crippen LogP contribution in [0.15, 0.2) is 24.5 Å². The molecule has 3 heterocycles. The molecule has 9 heteroatoms. The minimum atomic E-state index is -3.19. The quantitative estimate of drug-likeness (QED) is 0.773. The molecule has 1 aromatic carbocycles. The third-order valence-electron chi connectivity index (χ3n) is 5.41. The Bertz CT molecular complexity index is 955. The van der Waals surface area contributed by atoms with Gasteiger partial charge in [0.1, 0.15) is 0 Å². The fraction of sp³-hybridized carbons (Fsp3) is 0.529. The van der Waals surface area contributed by atoms with Crippen LogP contribution in [0.25, 0.3) is 11.0 Å². The van der Waals surface area contributed by atoms with Gasteiger partial charge in [0.2, 0.25) is 0 Å². The van der Waals surface area contributed by atoms with Crippen LogP contribution in [0, 0.1) is 0 Å². The van der Waals surface area contributed by atoms with Crippen molar-refractivity contribution in [2.24, 2.45) is 7.05 Å². The average Bonchev–Trinajstić information content (AvgIpc) is 3.13. The Morgan fingerprint density at radius 2 is 2.04 bits per heavy atom. The number of aromatic nitrogens is 2. The van der Waals surface area contributed by atoms with Gasteiger partial charge in [0.05, 0.1) is 41.5 Å². The minimum Gasteiger partial charge on any atom is -0.395 e. The van der Waals surface area contributed by atoms with Crippen molar-refractivity contribution >= 4 is 26.8 Å². The first kappa shape index (κ1) is 17.4. The number of nitrogens with zero attached hydrogens (tertiary/aromatic N) is 4. The Morgan fingerprint density at radius 1 is 1.27 bits per heavy atom. The second kappa shape index (κ2) is 6.33. The molecule has 2 saturated heterocycles. The third-order valence-corrected chi connectivity index (χ3v) is 7.11. The fourth-order valence-electron chi connectivity index (χ4n) is 4.12. The Hall–Kier alpha value is -1.97. The smallest absolute Gasteiger partial charge is 0.254 e. The molecule has 0 unspecified atom stereocenters. The summed E-state index contributed by atoms with van der Waals surface area (Å²) in [5.74, 6) is -0.133. The molecule has 2 atom stereocenters. The minimum absolute atomic E-state index is 0.0167. The summed E-state index contributed by atoms with van der Waals surface area (Å²) in [5, 5.41) is 9.24. The van der Waals surface area contributed by atoms with Crippen molar-refractivity contribution in [3.63, 3.8) is 0 Å². The van der Waals surface area contributed by atoms with Gasteiger partial charge in [0.25, 0.3) is 5.91 Å². The molecule has 2 fully saturated rings. The number of benzene rings is 1. The molecular weight excluding hydrogens is 356 g/mol. The van der Waals surface area contributed by atoms with Gasteiger partial charge in [-0.25, -0.2) is 13.4 Å². The molecule has 0 bridgehead atoms. The van der Waals surface area contributed by atoms with E-state index in [1.165, 1.54) is 0 Å². The van der Waals surface area contributed by atoms with Crippen molar-refractivity contribution in [3.8, 4) is 0 Å². The SMILES string of the molecule is Cn1cnc2cc(C(=O)N3CCN(CCO)[C@@H]4CS(=O)(=O)C[C@@H]43)ccc21. The highest BCUT2D eigenvalue weighted by Gasteiger charge is 2.47. The first-order valence-electron chi connectivity index (χ1n) is 8.67. The number of β-amino-alcohol motifs (C(OH)–C–C–N with tert-alkyl or cyclic N) is 1. The number of amides is 1. The summed E-state index contributed by atoms with van der Waals surface area (Å²) in [6, 6.07) is 4.78. The normalized spacial score (nSPS) is 25.5. The molecule has 0 aliphatic carbocycles. The van der Waals surface area contributed by atoms with E-state index in [4.69, 9.17) is 0 Å². The monoisotopic (exact) mass is 378 g/mol. The second-order valence-electron chi connectivity index (χ2n) is 7.03. The van der Waals surface area contributed by atoms with E-state index in [1.54, 1.807) is 23.4 Å². The lowest BCUT2D eigenvalue weighted by Gasteiger charge is -2.43. The van der Waals surface area contributed by atoms with Gasteiger partial charge in [-0.3, -0.25) is 9.69 Å². The van der Waals surface area contributed by atoms with Crippen LogP contribution in [0.3, 0.4) is 0 Å². The number of hydrogen-bond donors (Lipinski definition) is 1. The number of sulfone groups is 1. The molecule has 2 aliphatic heterocycles. The van der Waals surface area contributed by atoms with Gasteiger partial charge in [-0.2, -0.15) is 0 Å². The van der Waals surface area contributed by atoms with E-state index in [0.717, 1.165) is 11.0 Å². The summed E-state index contributed by atoms with van der Waals surface area (Å²) in [5.41, 5.74) is 2.21. The summed E-state index contributed by atoms with van der Waals surface area (Å²) in [6.07, 6.45) is 1.70. The zero-order valence-electron chi connectivity index (χ0n) is 14.6. The summed E-state index contributed by atoms with van der Waals surface area (Å²) >= 11 is 0. The highest BCUT2D eigenvalue weighted by Crippen LogP contribution is 2.28. The number of aliphatic hydroxyl groups excluding tert-OH is 1. The highest BCUT2D eigenvalue weighted by atomic mass is 32.2. The van der Waals surface area contributed by atoms with Gasteiger partial charge in [0, 0.05) is 38.3 Å². The lowest BCUT2D eigenvalue weighted by Crippen LogP contribution is -2.61. The maximum absolute atomic E-state index is 13.1. The van der Waals surface area contributed by atoms with Crippen LogP contribution in [0.2, 0.25) is 0 Å². The van der Waals surface area contributed by atoms with E-state index in [9.17, 15) is 18.3 Å². The van der Waals surface area contributed by atoms with Gasteiger partial charge in [-0.05, 0) is 18.2 Å². The standard InChI is InChI=1S/C17H22N4O4S/c1-19-11-18-13-8-12(2-3-14(13)19)17(23)21-5-4-20(6-7-22)15-9-26(24,25)10-16(15)21/h2-3,8,11,15-16,22H,4-7,9-10H2,1H3/t15-,16+/m1/s1. The van der Waals surface area contributed by atoms with Gasteiger partial charge >= 0.3 is 0 Å². The number of carbonyl (C=O) groups is 1. The molecule has 4 rings (SSSR count). The average molecular weight is 378 g/mol. The van der Waals surface area contributed by atoms with E-state index >= 15 is 0 Å². The lowest BCUT2D eigenvalue weighted by molar-refractivity contribution is 0.0281. The van der Waals surface area contributed by atoms with Crippen LogP contribution in [-0.4, -0.2) is 88.6 Å². The number of rotatable bonds is 3. The Kier molecular flexibility index (Phi) is 4.25. The molecule has 26 heavy (non-hydrogen) atoms. The van der Waals surface area contributed by atoms with Crippen LogP contribution in [-0.2, 0) is 16.9 Å². The predicted octanol–water partition coefficient (Wildman–Crippen LogP) is -0.511. The molecule has 2 aliphatic rings. The number of fused-ring (bicyclic) bond motifs is 2. The van der Waals surface area contributed by atoms with E-state index < -0.39 is 9.84 Å². The number of carbonyl (C=O) groups excluding carboxylic acids is 1. The van der Waals surface area contributed by atoms with E-state index in [2.05, 4.69) is 4.98 Å². The van der Waals surface area contributed by atoms with Crippen LogP contribution in [0.4, 0.5) is 0 Å². The van der Waals surface area contributed by atoms with Crippen LogP contribution in [0.1, 0.15) is 10.4 Å². The Morgan fingerprint density at radius 3 is 2.81 bits per heavy atom. The fourth-order valence-corrected chi connectivity index (χ4v) is 6.13. The molecular formula is C17H22N4O4S. The number of aryl methyl sites for hydroxylation is 1. The maximum Gasteiger partial charge on any atom is 0.254 e. The van der Waals surface area contributed by atoms with Crippen LogP contribution in [0.5, 0.6) is 0 Å². The molecule has 1 N–H and O–H groups in total. The predicted molar refractivity (Wildman–Crippen MR) is 96.6 cm³/mol. The van der Waals surface area contributed by atoms with Crippen LogP contribution < -0.4 is 0 Å². The largest absolute Gasteiger partial charge is 0.395 e. The number of aliphatic hydroxyl groups is 1. The number of imidazole rings is 1. The zero-order chi connectivity index (χ0) is 18.5. The summed E-state index contributed by atoms with van der Waals surface area (Å²) < 4.78 is 26.3. The number of hydrogen-bond acceptors (Lipinski definition) is 6. The Balaban J connectivity index is 1.64. The second-order valence-corrected chi connectivity index (χ2v) is 9.18. The van der Waals surface area contributed by atoms with Crippen molar-refractivity contribution in [2.45, 2.75) is 12.1 Å². The molecule has 0 saturated carbocycles. The molecule has 140 valence electrons. The van der Waals surface area contributed by atoms with Crippen LogP contribution >= 0.6 is 0 Å². The third kappa shape index (κ3) is 2.89. The van der Waals surface area contributed by atoms with Gasteiger partial charge in [0.15, 0.2) is 9.84 Å². The molecule has 0 radical (unpaired) electrons. The van der Waals surface area contributed by atoms with Crippen molar-refractivity contribution < 1.29 is 18.3 Å². The van der Waals surface area contributed by atoms with Gasteiger partial charge < -0.3 is 14.6 Å². The molecule has 2 aromatic rings. The highest BCUT2D eigenvalue weighted by molar-refractivity contribution is 7.91. The lowest BCUT2D eigenvalue weighted by atomic mass is 10.0. The first-order chi connectivity index (χ1) is 12.4. The topological polar surface area (TPSA) is 95.7 Å². The molecule has 1 aromatic heterocycles. The Labute approximate surface area is 151 Å². The maximum atomic E-state index is 13.1. The molecule has 8 nitrogen and oxygen atoms in total. The van der Waals surface area contributed by atoms with Crippen molar-refractivity contribution in [2.75, 3.05) is 37.7 Å². The zero-order valence-corrected chi connectivity index (χ0v) is 15.4. The van der Waals surface area contributed by atoms with Gasteiger partial charge in [-0.1, -0.05) is 0 Å². The number of piperazine rings is 1. The van der Waals surface area contributed by atoms with Gasteiger partial charge in [-0.15, -0.1) is 0 Å². The van der Waals surface area contributed by atoms with E-state index in [1.807, 2.05) is 22.6 Å². The molecule has 0 spiro atoms. The van der Waals surface area contributed by atoms with E-state index in [0.29, 0.717) is 25.2 Å². The summed E-state index contributed by atoms with van der Waals surface area (Å²) in [4.78, 5) is 21.1.